The van der Waals surface area contributed by atoms with Crippen LogP contribution in [0.25, 0.3) is 22.2 Å². The van der Waals surface area contributed by atoms with E-state index in [1.54, 1.807) is 24.4 Å². The molecule has 0 aliphatic heterocycles. The van der Waals surface area contributed by atoms with Crippen LogP contribution in [0.2, 0.25) is 10.2 Å². The highest BCUT2D eigenvalue weighted by Gasteiger charge is 2.28. The number of hydrogen-bond donors (Lipinski definition) is 0. The first-order valence-electron chi connectivity index (χ1n) is 8.43. The molecular weight excluding hydrogens is 384 g/mol. The summed E-state index contributed by atoms with van der Waals surface area (Å²) in [6, 6.07) is 14.2. The lowest BCUT2D eigenvalue weighted by Crippen LogP contribution is -2.28. The zero-order valence-electron chi connectivity index (χ0n) is 14.7. The van der Waals surface area contributed by atoms with Crippen LogP contribution in [0.4, 0.5) is 4.39 Å². The molecule has 3 heterocycles. The average Bonchev–Trinajstić information content (AvgIpc) is 3.04. The molecule has 0 bridgehead atoms. The van der Waals surface area contributed by atoms with Crippen molar-refractivity contribution >= 4 is 34.2 Å². The summed E-state index contributed by atoms with van der Waals surface area (Å²) in [4.78, 5) is 9.04. The highest BCUT2D eigenvalue weighted by atomic mass is 35.5. The number of halogens is 3. The summed E-state index contributed by atoms with van der Waals surface area (Å²) in [6.45, 7) is 4.12. The molecule has 1 aromatic carbocycles. The van der Waals surface area contributed by atoms with Gasteiger partial charge >= 0.3 is 0 Å². The van der Waals surface area contributed by atoms with Crippen LogP contribution in [0, 0.1) is 5.82 Å². The highest BCUT2D eigenvalue weighted by molar-refractivity contribution is 6.31. The summed E-state index contributed by atoms with van der Waals surface area (Å²) >= 11 is 12.0. The van der Waals surface area contributed by atoms with Gasteiger partial charge in [-0.3, -0.25) is 4.98 Å². The molecule has 4 aromatic rings. The second kappa shape index (κ2) is 6.63. The lowest BCUT2D eigenvalue weighted by Gasteiger charge is -2.27. The van der Waals surface area contributed by atoms with E-state index in [9.17, 15) is 4.39 Å². The molecule has 0 spiro atoms. The van der Waals surface area contributed by atoms with Crippen molar-refractivity contribution < 1.29 is 4.39 Å². The molecule has 6 heteroatoms. The van der Waals surface area contributed by atoms with E-state index >= 15 is 0 Å². The molecule has 0 saturated carbocycles. The molecule has 0 aliphatic rings. The first-order chi connectivity index (χ1) is 12.9. The van der Waals surface area contributed by atoms with Gasteiger partial charge in [-0.15, -0.1) is 0 Å². The first-order valence-corrected chi connectivity index (χ1v) is 9.18. The molecule has 0 N–H and O–H groups in total. The molecule has 4 rings (SSSR count). The molecule has 0 amide bonds. The minimum absolute atomic E-state index is 0.0949. The predicted molar refractivity (Wildman–Crippen MR) is 108 cm³/mol. The number of fused-ring (bicyclic) bond motifs is 1. The number of benzene rings is 1. The van der Waals surface area contributed by atoms with Gasteiger partial charge in [-0.05, 0) is 55.8 Å². The Morgan fingerprint density at radius 2 is 1.85 bits per heavy atom. The maximum Gasteiger partial charge on any atom is 0.143 e. The fourth-order valence-corrected chi connectivity index (χ4v) is 3.51. The Kier molecular flexibility index (Phi) is 4.41. The largest absolute Gasteiger partial charge is 0.321 e. The van der Waals surface area contributed by atoms with Crippen molar-refractivity contribution in [2.45, 2.75) is 19.4 Å². The third kappa shape index (κ3) is 3.09. The summed E-state index contributed by atoms with van der Waals surface area (Å²) in [5, 5.41) is 1.37. The van der Waals surface area contributed by atoms with Crippen LogP contribution in [0.3, 0.4) is 0 Å². The molecule has 0 atom stereocenters. The molecule has 0 radical (unpaired) electrons. The Morgan fingerprint density at radius 1 is 1.04 bits per heavy atom. The maximum atomic E-state index is 14.0. The van der Waals surface area contributed by atoms with Crippen LogP contribution >= 0.6 is 23.2 Å². The zero-order valence-corrected chi connectivity index (χ0v) is 16.3. The van der Waals surface area contributed by atoms with Crippen LogP contribution in [0.5, 0.6) is 0 Å². The number of pyridine rings is 2. The molecule has 0 unspecified atom stereocenters. The molecule has 0 aliphatic carbocycles. The van der Waals surface area contributed by atoms with Gasteiger partial charge < -0.3 is 4.57 Å². The zero-order chi connectivity index (χ0) is 19.2. The topological polar surface area (TPSA) is 30.7 Å². The smallest absolute Gasteiger partial charge is 0.143 e. The van der Waals surface area contributed by atoms with E-state index in [-0.39, 0.29) is 5.02 Å². The van der Waals surface area contributed by atoms with E-state index in [0.29, 0.717) is 10.8 Å². The second-order valence-electron chi connectivity index (χ2n) is 6.82. The summed E-state index contributed by atoms with van der Waals surface area (Å²) in [5.74, 6) is -0.457. The van der Waals surface area contributed by atoms with E-state index in [1.807, 2.05) is 35.0 Å². The van der Waals surface area contributed by atoms with Crippen molar-refractivity contribution in [3.63, 3.8) is 0 Å². The number of hydrogen-bond acceptors (Lipinski definition) is 2. The lowest BCUT2D eigenvalue weighted by molar-refractivity contribution is 0.435. The Morgan fingerprint density at radius 3 is 2.56 bits per heavy atom. The maximum absolute atomic E-state index is 14.0. The van der Waals surface area contributed by atoms with Gasteiger partial charge in [0.15, 0.2) is 0 Å². The molecule has 136 valence electrons. The highest BCUT2D eigenvalue weighted by Crippen LogP contribution is 2.37. The minimum Gasteiger partial charge on any atom is -0.321 e. The summed E-state index contributed by atoms with van der Waals surface area (Å²) in [6.07, 6.45) is 3.73. The van der Waals surface area contributed by atoms with Crippen LogP contribution in [-0.4, -0.2) is 14.5 Å². The number of nitrogens with zero attached hydrogens (tertiary/aromatic N) is 3. The van der Waals surface area contributed by atoms with Crippen molar-refractivity contribution in [3.05, 3.63) is 82.6 Å². The molecular formula is C21H16Cl2FN3. The molecule has 3 nitrogen and oxygen atoms in total. The minimum atomic E-state index is -0.486. The summed E-state index contributed by atoms with van der Waals surface area (Å²) in [5.41, 5.74) is 2.69. The summed E-state index contributed by atoms with van der Waals surface area (Å²) in [7, 11) is 0. The van der Waals surface area contributed by atoms with E-state index in [0.717, 1.165) is 22.2 Å². The van der Waals surface area contributed by atoms with E-state index in [1.165, 1.54) is 6.07 Å². The van der Waals surface area contributed by atoms with Gasteiger partial charge in [0.1, 0.15) is 16.6 Å². The van der Waals surface area contributed by atoms with Gasteiger partial charge in [0.05, 0.1) is 16.3 Å². The third-order valence-corrected chi connectivity index (χ3v) is 5.26. The number of aromatic nitrogens is 3. The van der Waals surface area contributed by atoms with Gasteiger partial charge in [0.2, 0.25) is 0 Å². The Labute approximate surface area is 166 Å². The fraction of sp³-hybridized carbons (Fsp3) is 0.143. The third-order valence-electron chi connectivity index (χ3n) is 4.74. The first kappa shape index (κ1) is 18.0. The fourth-order valence-electron chi connectivity index (χ4n) is 3.25. The Bertz CT molecular complexity index is 1140. The van der Waals surface area contributed by atoms with Crippen LogP contribution in [0.1, 0.15) is 19.5 Å². The molecule has 3 aromatic heterocycles. The van der Waals surface area contributed by atoms with Crippen molar-refractivity contribution in [1.29, 1.82) is 0 Å². The second-order valence-corrected chi connectivity index (χ2v) is 7.62. The monoisotopic (exact) mass is 399 g/mol. The van der Waals surface area contributed by atoms with Gasteiger partial charge in [-0.2, -0.15) is 0 Å². The average molecular weight is 400 g/mol. The number of rotatable bonds is 3. The Balaban J connectivity index is 1.99. The molecule has 0 saturated heterocycles. The van der Waals surface area contributed by atoms with E-state index < -0.39 is 11.4 Å². The Hall–Kier alpha value is -2.43. The van der Waals surface area contributed by atoms with Crippen LogP contribution < -0.4 is 0 Å². The standard InChI is InChI=1S/C21H16Cl2FN3/c1-21(2,18-5-3-4-10-25-18)27-12-15(13-6-8-16(22)17(24)11-13)14-7-9-19(23)26-20(14)27/h3-12H,1-2H3. The quantitative estimate of drug-likeness (QED) is 0.377. The van der Waals surface area contributed by atoms with Gasteiger partial charge in [-0.25, -0.2) is 9.37 Å². The van der Waals surface area contributed by atoms with Gasteiger partial charge in [0.25, 0.3) is 0 Å². The van der Waals surface area contributed by atoms with Crippen molar-refractivity contribution in [2.24, 2.45) is 0 Å². The molecule has 27 heavy (non-hydrogen) atoms. The summed E-state index contributed by atoms with van der Waals surface area (Å²) < 4.78 is 16.1. The lowest BCUT2D eigenvalue weighted by atomic mass is 9.99. The van der Waals surface area contributed by atoms with Crippen molar-refractivity contribution in [3.8, 4) is 11.1 Å². The van der Waals surface area contributed by atoms with Crippen LogP contribution in [0.15, 0.2) is 60.9 Å². The predicted octanol–water partition coefficient (Wildman–Crippen LogP) is 6.33. The van der Waals surface area contributed by atoms with E-state index in [4.69, 9.17) is 23.2 Å². The van der Waals surface area contributed by atoms with Gasteiger partial charge in [0, 0.05) is 23.3 Å². The van der Waals surface area contributed by atoms with E-state index in [2.05, 4.69) is 23.8 Å². The SMILES string of the molecule is CC(C)(c1ccccn1)n1cc(-c2ccc(Cl)c(F)c2)c2ccc(Cl)nc21. The molecule has 0 fully saturated rings. The van der Waals surface area contributed by atoms with Crippen molar-refractivity contribution in [1.82, 2.24) is 14.5 Å². The van der Waals surface area contributed by atoms with Crippen LogP contribution in [-0.2, 0) is 5.54 Å². The van der Waals surface area contributed by atoms with Gasteiger partial charge in [-0.1, -0.05) is 35.3 Å². The van der Waals surface area contributed by atoms with Crippen molar-refractivity contribution in [2.75, 3.05) is 0 Å². The normalized spacial score (nSPS) is 11.9.